The van der Waals surface area contributed by atoms with Gasteiger partial charge in [0.25, 0.3) is 0 Å². The number of thiazole rings is 1. The average Bonchev–Trinajstić information content (AvgIpc) is 2.61. The Hall–Kier alpha value is -0.900. The third-order valence-electron chi connectivity index (χ3n) is 2.28. The molecule has 0 bridgehead atoms. The Morgan fingerprint density at radius 2 is 2.42 bits per heavy atom. The molecule has 0 unspecified atom stereocenters. The fraction of sp³-hybridized carbons (Fsp3) is 0.500. The van der Waals surface area contributed by atoms with Gasteiger partial charge >= 0.3 is 5.97 Å². The van der Waals surface area contributed by atoms with Crippen molar-refractivity contribution in [1.29, 1.82) is 0 Å². The van der Waals surface area contributed by atoms with Gasteiger partial charge in [-0.2, -0.15) is 0 Å². The Morgan fingerprint density at radius 3 is 2.83 bits per heavy atom. The van der Waals surface area contributed by atoms with E-state index in [2.05, 4.69) is 11.9 Å². The molecule has 0 saturated heterocycles. The molecule has 0 radical (unpaired) electrons. The summed E-state index contributed by atoms with van der Waals surface area (Å²) in [6, 6.07) is 0. The minimum absolute atomic E-state index is 0.207. The maximum absolute atomic E-state index is 10.5. The second-order valence-electron chi connectivity index (χ2n) is 3.40. The zero-order chi connectivity index (χ0) is 8.77. The summed E-state index contributed by atoms with van der Waals surface area (Å²) in [5.41, 5.74) is 0.241. The van der Waals surface area contributed by atoms with Crippen molar-refractivity contribution in [3.63, 3.8) is 0 Å². The Labute approximate surface area is 74.1 Å². The summed E-state index contributed by atoms with van der Waals surface area (Å²) in [5.74, 6) is -0.921. The summed E-state index contributed by atoms with van der Waals surface area (Å²) in [4.78, 5) is 15.5. The number of nitrogens with zero attached hydrogens (tertiary/aromatic N) is 1. The van der Waals surface area contributed by atoms with Gasteiger partial charge in [0.2, 0.25) is 5.01 Å². The SMILES string of the molecule is CC1(c2cnc(C(=O)O)s2)CC1. The summed E-state index contributed by atoms with van der Waals surface area (Å²) in [5, 5.41) is 8.84. The lowest BCUT2D eigenvalue weighted by atomic mass is 10.1. The van der Waals surface area contributed by atoms with Crippen LogP contribution in [-0.2, 0) is 5.41 Å². The van der Waals surface area contributed by atoms with Gasteiger partial charge in [-0.3, -0.25) is 0 Å². The highest BCUT2D eigenvalue weighted by Crippen LogP contribution is 2.49. The van der Waals surface area contributed by atoms with Crippen molar-refractivity contribution in [3.05, 3.63) is 16.1 Å². The zero-order valence-electron chi connectivity index (χ0n) is 6.70. The Balaban J connectivity index is 2.30. The van der Waals surface area contributed by atoms with E-state index in [1.165, 1.54) is 11.3 Å². The van der Waals surface area contributed by atoms with E-state index in [0.717, 1.165) is 17.7 Å². The van der Waals surface area contributed by atoms with E-state index in [0.29, 0.717) is 0 Å². The molecule has 4 heteroatoms. The molecule has 1 saturated carbocycles. The topological polar surface area (TPSA) is 50.2 Å². The monoisotopic (exact) mass is 183 g/mol. The Morgan fingerprint density at radius 1 is 1.75 bits per heavy atom. The van der Waals surface area contributed by atoms with E-state index in [1.807, 2.05) is 0 Å². The molecule has 0 amide bonds. The number of hydrogen-bond acceptors (Lipinski definition) is 3. The normalized spacial score (nSPS) is 19.1. The Bertz CT molecular complexity index is 328. The smallest absolute Gasteiger partial charge is 0.365 e. The second kappa shape index (κ2) is 2.29. The number of carboxylic acid groups (broad SMARTS) is 1. The first-order valence-electron chi connectivity index (χ1n) is 3.81. The van der Waals surface area contributed by atoms with Crippen LogP contribution in [0.2, 0.25) is 0 Å². The molecule has 1 N–H and O–H groups in total. The second-order valence-corrected chi connectivity index (χ2v) is 4.43. The van der Waals surface area contributed by atoms with E-state index in [-0.39, 0.29) is 10.4 Å². The number of aromatic carboxylic acids is 1. The van der Waals surface area contributed by atoms with Crippen molar-refractivity contribution in [1.82, 2.24) is 4.98 Å². The van der Waals surface area contributed by atoms with Crippen molar-refractivity contribution in [3.8, 4) is 0 Å². The van der Waals surface area contributed by atoms with Gasteiger partial charge in [-0.1, -0.05) is 6.92 Å². The first-order valence-corrected chi connectivity index (χ1v) is 4.63. The van der Waals surface area contributed by atoms with Crippen molar-refractivity contribution in [2.24, 2.45) is 0 Å². The van der Waals surface area contributed by atoms with Crippen LogP contribution >= 0.6 is 11.3 Å². The molecule has 2 rings (SSSR count). The highest BCUT2D eigenvalue weighted by Gasteiger charge is 2.41. The summed E-state index contributed by atoms with van der Waals surface area (Å²) in [6.45, 7) is 2.14. The number of hydrogen-bond donors (Lipinski definition) is 1. The van der Waals surface area contributed by atoms with Gasteiger partial charge in [0.15, 0.2) is 0 Å². The lowest BCUT2D eigenvalue weighted by molar-refractivity contribution is 0.0696. The third kappa shape index (κ3) is 1.12. The van der Waals surface area contributed by atoms with Gasteiger partial charge in [0.05, 0.1) is 0 Å². The van der Waals surface area contributed by atoms with Gasteiger partial charge in [-0.25, -0.2) is 9.78 Å². The van der Waals surface area contributed by atoms with Gasteiger partial charge in [0.1, 0.15) is 0 Å². The number of aromatic nitrogens is 1. The van der Waals surface area contributed by atoms with Crippen molar-refractivity contribution < 1.29 is 9.90 Å². The van der Waals surface area contributed by atoms with E-state index in [9.17, 15) is 4.79 Å². The summed E-state index contributed by atoms with van der Waals surface area (Å²) in [6.07, 6.45) is 4.02. The molecule has 1 heterocycles. The van der Waals surface area contributed by atoms with Crippen molar-refractivity contribution >= 4 is 17.3 Å². The van der Waals surface area contributed by atoms with Crippen LogP contribution in [0.5, 0.6) is 0 Å². The molecular weight excluding hydrogens is 174 g/mol. The van der Waals surface area contributed by atoms with Crippen LogP contribution in [0.15, 0.2) is 6.20 Å². The standard InChI is InChI=1S/C8H9NO2S/c1-8(2-3-8)5-4-9-6(12-5)7(10)11/h4H,2-3H2,1H3,(H,10,11). The fourth-order valence-electron chi connectivity index (χ4n) is 1.09. The highest BCUT2D eigenvalue weighted by molar-refractivity contribution is 7.13. The molecule has 12 heavy (non-hydrogen) atoms. The predicted octanol–water partition coefficient (Wildman–Crippen LogP) is 1.89. The van der Waals surface area contributed by atoms with E-state index >= 15 is 0 Å². The minimum atomic E-state index is -0.921. The van der Waals surface area contributed by atoms with Crippen LogP contribution in [-0.4, -0.2) is 16.1 Å². The maximum atomic E-state index is 10.5. The van der Waals surface area contributed by atoms with Gasteiger partial charge < -0.3 is 5.11 Å². The fourth-order valence-corrected chi connectivity index (χ4v) is 2.04. The van der Waals surface area contributed by atoms with E-state index < -0.39 is 5.97 Å². The van der Waals surface area contributed by atoms with Crippen LogP contribution < -0.4 is 0 Å². The number of carboxylic acids is 1. The molecule has 1 fully saturated rings. The Kier molecular flexibility index (Phi) is 1.48. The molecule has 1 aliphatic carbocycles. The summed E-state index contributed by atoms with van der Waals surface area (Å²) < 4.78 is 0. The number of carbonyl (C=O) groups is 1. The molecule has 1 aliphatic rings. The van der Waals surface area contributed by atoms with E-state index in [1.54, 1.807) is 6.20 Å². The van der Waals surface area contributed by atoms with Crippen molar-refractivity contribution in [2.45, 2.75) is 25.2 Å². The summed E-state index contributed by atoms with van der Waals surface area (Å²) in [7, 11) is 0. The lowest BCUT2D eigenvalue weighted by Crippen LogP contribution is -1.94. The van der Waals surface area contributed by atoms with Gasteiger partial charge in [0, 0.05) is 16.5 Å². The molecule has 1 aromatic rings. The first-order chi connectivity index (χ1) is 5.62. The van der Waals surface area contributed by atoms with Gasteiger partial charge in [-0.05, 0) is 12.8 Å². The molecule has 0 aliphatic heterocycles. The minimum Gasteiger partial charge on any atom is -0.476 e. The molecule has 0 spiro atoms. The van der Waals surface area contributed by atoms with Crippen molar-refractivity contribution in [2.75, 3.05) is 0 Å². The lowest BCUT2D eigenvalue weighted by Gasteiger charge is -2.00. The van der Waals surface area contributed by atoms with Crippen LogP contribution in [0.4, 0.5) is 0 Å². The molecule has 64 valence electrons. The molecule has 3 nitrogen and oxygen atoms in total. The van der Waals surface area contributed by atoms with Gasteiger partial charge in [-0.15, -0.1) is 11.3 Å². The predicted molar refractivity (Wildman–Crippen MR) is 45.7 cm³/mol. The number of rotatable bonds is 2. The maximum Gasteiger partial charge on any atom is 0.365 e. The van der Waals surface area contributed by atoms with Crippen LogP contribution in [0.1, 0.15) is 34.4 Å². The zero-order valence-corrected chi connectivity index (χ0v) is 7.52. The van der Waals surface area contributed by atoms with Crippen LogP contribution in [0, 0.1) is 0 Å². The molecular formula is C8H9NO2S. The third-order valence-corrected chi connectivity index (χ3v) is 3.58. The van der Waals surface area contributed by atoms with Crippen LogP contribution in [0.3, 0.4) is 0 Å². The van der Waals surface area contributed by atoms with E-state index in [4.69, 9.17) is 5.11 Å². The molecule has 1 aromatic heterocycles. The largest absolute Gasteiger partial charge is 0.476 e. The summed E-state index contributed by atoms with van der Waals surface area (Å²) >= 11 is 1.30. The highest BCUT2D eigenvalue weighted by atomic mass is 32.1. The molecule has 0 aromatic carbocycles. The average molecular weight is 183 g/mol. The molecule has 0 atom stereocenters. The van der Waals surface area contributed by atoms with Crippen LogP contribution in [0.25, 0.3) is 0 Å². The quantitative estimate of drug-likeness (QED) is 0.761. The first kappa shape index (κ1) is 7.73.